The van der Waals surface area contributed by atoms with Gasteiger partial charge in [0.25, 0.3) is 0 Å². The molecule has 0 saturated carbocycles. The molecule has 1 N–H and O–H groups in total. The van der Waals surface area contributed by atoms with E-state index in [0.717, 1.165) is 18.4 Å². The smallest absolute Gasteiger partial charge is 0.328 e. The molecule has 0 aliphatic heterocycles. The lowest BCUT2D eigenvalue weighted by atomic mass is 10.0. The molecule has 0 unspecified atom stereocenters. The molecule has 0 aromatic heterocycles. The summed E-state index contributed by atoms with van der Waals surface area (Å²) in [7, 11) is 0. The van der Waals surface area contributed by atoms with E-state index in [-0.39, 0.29) is 11.9 Å². The molecule has 1 atom stereocenters. The zero-order valence-electron chi connectivity index (χ0n) is 20.0. The van der Waals surface area contributed by atoms with Crippen molar-refractivity contribution in [1.29, 1.82) is 0 Å². The Bertz CT molecular complexity index is 573. The zero-order valence-corrected chi connectivity index (χ0v) is 20.0. The largest absolute Gasteiger partial charge is 0.464 e. The summed E-state index contributed by atoms with van der Waals surface area (Å²) in [5.74, 6) is -0.553. The summed E-state index contributed by atoms with van der Waals surface area (Å²) in [4.78, 5) is 23.8. The Morgan fingerprint density at radius 1 is 0.774 bits per heavy atom. The maximum Gasteiger partial charge on any atom is 0.328 e. The third-order valence-electron chi connectivity index (χ3n) is 5.69. The van der Waals surface area contributed by atoms with Crippen molar-refractivity contribution in [1.82, 2.24) is 5.32 Å². The van der Waals surface area contributed by atoms with Crippen molar-refractivity contribution in [2.45, 2.75) is 116 Å². The predicted octanol–water partition coefficient (Wildman–Crippen LogP) is 6.76. The highest BCUT2D eigenvalue weighted by Crippen LogP contribution is 2.13. The number of esters is 1. The van der Waals surface area contributed by atoms with Crippen LogP contribution in [0.5, 0.6) is 0 Å². The van der Waals surface area contributed by atoms with Gasteiger partial charge >= 0.3 is 5.97 Å². The van der Waals surface area contributed by atoms with E-state index in [2.05, 4.69) is 12.2 Å². The number of benzene rings is 1. The standard InChI is InChI=1S/C27H45NO3/c1-3-4-5-6-7-8-9-10-11-12-13-14-15-19-22-31-27(30)26(28-24(2)29)23-25-20-17-16-18-21-25/h16-18,20-21,26H,3-15,19,22-23H2,1-2H3,(H,28,29)/t26-/m0/s1. The van der Waals surface area contributed by atoms with Crippen LogP contribution in [0.2, 0.25) is 0 Å². The van der Waals surface area contributed by atoms with E-state index >= 15 is 0 Å². The molecule has 176 valence electrons. The van der Waals surface area contributed by atoms with Gasteiger partial charge in [0, 0.05) is 13.3 Å². The van der Waals surface area contributed by atoms with Gasteiger partial charge < -0.3 is 10.1 Å². The topological polar surface area (TPSA) is 55.4 Å². The fourth-order valence-corrected chi connectivity index (χ4v) is 3.86. The Morgan fingerprint density at radius 3 is 1.74 bits per heavy atom. The summed E-state index contributed by atoms with van der Waals surface area (Å²) in [6, 6.07) is 9.09. The highest BCUT2D eigenvalue weighted by molar-refractivity contribution is 5.83. The average molecular weight is 432 g/mol. The molecule has 0 aliphatic carbocycles. The van der Waals surface area contributed by atoms with Gasteiger partial charge in [0.2, 0.25) is 5.91 Å². The minimum atomic E-state index is -0.619. The van der Waals surface area contributed by atoms with Gasteiger partial charge in [-0.05, 0) is 12.0 Å². The number of nitrogens with one attached hydrogen (secondary N) is 1. The van der Waals surface area contributed by atoms with Crippen molar-refractivity contribution in [3.63, 3.8) is 0 Å². The van der Waals surface area contributed by atoms with Crippen LogP contribution in [0.3, 0.4) is 0 Å². The Hall–Kier alpha value is -1.84. The summed E-state index contributed by atoms with van der Waals surface area (Å²) in [5.41, 5.74) is 1.01. The fourth-order valence-electron chi connectivity index (χ4n) is 3.86. The van der Waals surface area contributed by atoms with Gasteiger partial charge in [-0.25, -0.2) is 4.79 Å². The second kappa shape index (κ2) is 18.9. The molecule has 0 heterocycles. The first-order chi connectivity index (χ1) is 15.1. The van der Waals surface area contributed by atoms with Crippen LogP contribution in [-0.2, 0) is 20.7 Å². The van der Waals surface area contributed by atoms with Crippen molar-refractivity contribution >= 4 is 11.9 Å². The molecular weight excluding hydrogens is 386 g/mol. The lowest BCUT2D eigenvalue weighted by molar-refractivity contribution is -0.147. The number of carbonyl (C=O) groups is 2. The molecule has 4 nitrogen and oxygen atoms in total. The Morgan fingerprint density at radius 2 is 1.26 bits per heavy atom. The van der Waals surface area contributed by atoms with E-state index in [4.69, 9.17) is 4.74 Å². The number of hydrogen-bond donors (Lipinski definition) is 1. The van der Waals surface area contributed by atoms with Crippen LogP contribution < -0.4 is 5.32 Å². The molecule has 31 heavy (non-hydrogen) atoms. The number of rotatable bonds is 19. The lowest BCUT2D eigenvalue weighted by Crippen LogP contribution is -2.42. The molecule has 0 fully saturated rings. The zero-order chi connectivity index (χ0) is 22.6. The molecule has 1 aromatic carbocycles. The summed E-state index contributed by atoms with van der Waals surface area (Å²) in [5, 5.41) is 2.72. The third kappa shape index (κ3) is 15.6. The summed E-state index contributed by atoms with van der Waals surface area (Å²) in [6.07, 6.45) is 18.7. The van der Waals surface area contributed by atoms with E-state index in [0.29, 0.717) is 13.0 Å². The molecule has 1 rings (SSSR count). The number of ether oxygens (including phenoxy) is 1. The Balaban J connectivity index is 2.01. The highest BCUT2D eigenvalue weighted by Gasteiger charge is 2.21. The SMILES string of the molecule is CCCCCCCCCCCCCCCCOC(=O)[C@H](Cc1ccccc1)NC(C)=O. The first kappa shape index (κ1) is 27.2. The van der Waals surface area contributed by atoms with Crippen LogP contribution in [0.15, 0.2) is 30.3 Å². The van der Waals surface area contributed by atoms with Gasteiger partial charge in [-0.15, -0.1) is 0 Å². The second-order valence-corrected chi connectivity index (χ2v) is 8.71. The van der Waals surface area contributed by atoms with Gasteiger partial charge in [-0.1, -0.05) is 121 Å². The summed E-state index contributed by atoms with van der Waals surface area (Å²) in [6.45, 7) is 4.13. The molecule has 0 spiro atoms. The maximum absolute atomic E-state index is 12.4. The van der Waals surface area contributed by atoms with Crippen LogP contribution >= 0.6 is 0 Å². The molecule has 1 aromatic rings. The van der Waals surface area contributed by atoms with Crippen LogP contribution in [0, 0.1) is 0 Å². The molecule has 1 amide bonds. The van der Waals surface area contributed by atoms with Gasteiger partial charge in [-0.2, -0.15) is 0 Å². The van der Waals surface area contributed by atoms with E-state index in [1.54, 1.807) is 0 Å². The van der Waals surface area contributed by atoms with Crippen molar-refractivity contribution in [3.8, 4) is 0 Å². The molecule has 4 heteroatoms. The van der Waals surface area contributed by atoms with Crippen LogP contribution in [0.25, 0.3) is 0 Å². The number of hydrogen-bond acceptors (Lipinski definition) is 3. The van der Waals surface area contributed by atoms with E-state index in [9.17, 15) is 9.59 Å². The first-order valence-electron chi connectivity index (χ1n) is 12.6. The van der Waals surface area contributed by atoms with Crippen LogP contribution in [-0.4, -0.2) is 24.5 Å². The highest BCUT2D eigenvalue weighted by atomic mass is 16.5. The number of unbranched alkanes of at least 4 members (excludes halogenated alkanes) is 13. The van der Waals surface area contributed by atoms with Crippen molar-refractivity contribution in [3.05, 3.63) is 35.9 Å². The Labute approximate surface area is 190 Å². The van der Waals surface area contributed by atoms with E-state index < -0.39 is 6.04 Å². The Kier molecular flexibility index (Phi) is 16.6. The van der Waals surface area contributed by atoms with Crippen molar-refractivity contribution in [2.24, 2.45) is 0 Å². The van der Waals surface area contributed by atoms with Crippen LogP contribution in [0.4, 0.5) is 0 Å². The molecule has 0 radical (unpaired) electrons. The lowest BCUT2D eigenvalue weighted by Gasteiger charge is -2.17. The minimum absolute atomic E-state index is 0.214. The monoisotopic (exact) mass is 431 g/mol. The quantitative estimate of drug-likeness (QED) is 0.194. The van der Waals surface area contributed by atoms with Gasteiger partial charge in [0.15, 0.2) is 0 Å². The summed E-state index contributed by atoms with van der Waals surface area (Å²) < 4.78 is 5.43. The van der Waals surface area contributed by atoms with E-state index in [1.807, 2.05) is 30.3 Å². The van der Waals surface area contributed by atoms with Gasteiger partial charge in [0.05, 0.1) is 6.61 Å². The van der Waals surface area contributed by atoms with Crippen molar-refractivity contribution < 1.29 is 14.3 Å². The average Bonchev–Trinajstić information content (AvgIpc) is 2.76. The second-order valence-electron chi connectivity index (χ2n) is 8.71. The molecule has 0 bridgehead atoms. The summed E-state index contributed by atoms with van der Waals surface area (Å²) >= 11 is 0. The molecule has 0 saturated heterocycles. The first-order valence-corrected chi connectivity index (χ1v) is 12.6. The number of carbonyl (C=O) groups excluding carboxylic acids is 2. The maximum atomic E-state index is 12.4. The van der Waals surface area contributed by atoms with Gasteiger partial charge in [0.1, 0.15) is 6.04 Å². The molecule has 0 aliphatic rings. The normalized spacial score (nSPS) is 11.8. The predicted molar refractivity (Wildman–Crippen MR) is 129 cm³/mol. The minimum Gasteiger partial charge on any atom is -0.464 e. The fraction of sp³-hybridized carbons (Fsp3) is 0.704. The van der Waals surface area contributed by atoms with Crippen LogP contribution in [0.1, 0.15) is 109 Å². The third-order valence-corrected chi connectivity index (χ3v) is 5.69. The van der Waals surface area contributed by atoms with E-state index in [1.165, 1.54) is 84.0 Å². The molecular formula is C27H45NO3. The van der Waals surface area contributed by atoms with Crippen molar-refractivity contribution in [2.75, 3.05) is 6.61 Å². The van der Waals surface area contributed by atoms with Gasteiger partial charge in [-0.3, -0.25) is 4.79 Å². The number of amides is 1.